The third-order valence-corrected chi connectivity index (χ3v) is 5.47. The molecule has 162 valence electrons. The van der Waals surface area contributed by atoms with Crippen molar-refractivity contribution in [3.05, 3.63) is 0 Å². The normalized spacial score (nSPS) is 16.8. The molecule has 0 aromatic heterocycles. The lowest BCUT2D eigenvalue weighted by molar-refractivity contribution is -0.202. The van der Waals surface area contributed by atoms with Crippen LogP contribution in [0.25, 0.3) is 0 Å². The minimum Gasteiger partial charge on any atom is -0.373 e. The molecule has 0 aromatic rings. The van der Waals surface area contributed by atoms with E-state index in [1.807, 2.05) is 0 Å². The molecule has 0 aliphatic carbocycles. The first-order valence-corrected chi connectivity index (χ1v) is 11.8. The molecule has 0 saturated carbocycles. The van der Waals surface area contributed by atoms with Gasteiger partial charge in [0.05, 0.1) is 13.2 Å². The Hall–Kier alpha value is -0.160. The zero-order valence-electron chi connectivity index (χ0n) is 17.9. The topological polar surface area (TPSA) is 62.2 Å². The van der Waals surface area contributed by atoms with E-state index in [1.54, 1.807) is 0 Å². The maximum absolute atomic E-state index is 9.85. The van der Waals surface area contributed by atoms with Gasteiger partial charge < -0.3 is 19.7 Å². The Morgan fingerprint density at radius 2 is 1.15 bits per heavy atom. The summed E-state index contributed by atoms with van der Waals surface area (Å²) in [5.74, 6) is -1.68. The zero-order valence-corrected chi connectivity index (χ0v) is 17.9. The van der Waals surface area contributed by atoms with Crippen molar-refractivity contribution in [1.82, 2.24) is 0 Å². The van der Waals surface area contributed by atoms with Gasteiger partial charge in [0.1, 0.15) is 12.7 Å². The van der Waals surface area contributed by atoms with Crippen molar-refractivity contribution < 1.29 is 19.7 Å². The second-order valence-corrected chi connectivity index (χ2v) is 8.51. The highest BCUT2D eigenvalue weighted by molar-refractivity contribution is 4.69. The highest BCUT2D eigenvalue weighted by Gasteiger charge is 2.26. The standard InChI is InChI=1S/C23H46O4/c1-2-3-4-5-6-7-8-9-10-11-12-13-14-15-16-17-18-23(24,25)21-26-19-22-20-27-22/h22,24-25H,2-21H2,1H3. The number of hydrogen-bond acceptors (Lipinski definition) is 4. The van der Waals surface area contributed by atoms with Crippen LogP contribution in [0.5, 0.6) is 0 Å². The van der Waals surface area contributed by atoms with Crippen LogP contribution in [0.2, 0.25) is 0 Å². The predicted octanol–water partition coefficient (Wildman–Crippen LogP) is 5.73. The van der Waals surface area contributed by atoms with Crippen molar-refractivity contribution in [2.24, 2.45) is 0 Å². The Balaban J connectivity index is 1.72. The summed E-state index contributed by atoms with van der Waals surface area (Å²) in [5, 5.41) is 19.7. The van der Waals surface area contributed by atoms with Crippen LogP contribution in [0.15, 0.2) is 0 Å². The van der Waals surface area contributed by atoms with Crippen LogP contribution in [0.3, 0.4) is 0 Å². The molecule has 4 heteroatoms. The maximum Gasteiger partial charge on any atom is 0.186 e. The number of hydrogen-bond donors (Lipinski definition) is 2. The van der Waals surface area contributed by atoms with Crippen LogP contribution in [-0.2, 0) is 9.47 Å². The van der Waals surface area contributed by atoms with Crippen molar-refractivity contribution >= 4 is 0 Å². The van der Waals surface area contributed by atoms with Gasteiger partial charge in [-0.15, -0.1) is 0 Å². The second-order valence-electron chi connectivity index (χ2n) is 8.51. The quantitative estimate of drug-likeness (QED) is 0.150. The third-order valence-electron chi connectivity index (χ3n) is 5.47. The molecule has 1 rings (SSSR count). The van der Waals surface area contributed by atoms with E-state index >= 15 is 0 Å². The molecule has 0 aromatic carbocycles. The molecule has 0 spiro atoms. The molecule has 1 fully saturated rings. The molecule has 0 amide bonds. The smallest absolute Gasteiger partial charge is 0.186 e. The predicted molar refractivity (Wildman–Crippen MR) is 112 cm³/mol. The van der Waals surface area contributed by atoms with E-state index in [0.29, 0.717) is 13.0 Å². The number of aliphatic hydroxyl groups is 2. The lowest BCUT2D eigenvalue weighted by Crippen LogP contribution is -2.34. The van der Waals surface area contributed by atoms with Gasteiger partial charge in [-0.3, -0.25) is 0 Å². The molecule has 0 bridgehead atoms. The van der Waals surface area contributed by atoms with Gasteiger partial charge in [-0.2, -0.15) is 0 Å². The van der Waals surface area contributed by atoms with Gasteiger partial charge >= 0.3 is 0 Å². The molecule has 1 saturated heterocycles. The minimum atomic E-state index is -1.68. The molecule has 1 aliphatic heterocycles. The molecule has 1 aliphatic rings. The summed E-state index contributed by atoms with van der Waals surface area (Å²) >= 11 is 0. The summed E-state index contributed by atoms with van der Waals surface area (Å²) in [5.41, 5.74) is 0. The van der Waals surface area contributed by atoms with E-state index in [4.69, 9.17) is 9.47 Å². The summed E-state index contributed by atoms with van der Waals surface area (Å²) < 4.78 is 10.3. The molecule has 27 heavy (non-hydrogen) atoms. The molecular weight excluding hydrogens is 340 g/mol. The highest BCUT2D eigenvalue weighted by Crippen LogP contribution is 2.17. The van der Waals surface area contributed by atoms with E-state index in [-0.39, 0.29) is 12.7 Å². The Labute approximate surface area is 168 Å². The van der Waals surface area contributed by atoms with E-state index in [1.165, 1.54) is 89.9 Å². The van der Waals surface area contributed by atoms with Crippen molar-refractivity contribution in [3.63, 3.8) is 0 Å². The monoisotopic (exact) mass is 386 g/mol. The van der Waals surface area contributed by atoms with Gasteiger partial charge in [-0.25, -0.2) is 0 Å². The van der Waals surface area contributed by atoms with Gasteiger partial charge in [0.15, 0.2) is 5.79 Å². The second kappa shape index (κ2) is 16.8. The molecular formula is C23H46O4. The summed E-state index contributed by atoms with van der Waals surface area (Å²) in [7, 11) is 0. The van der Waals surface area contributed by atoms with Gasteiger partial charge in [-0.05, 0) is 6.42 Å². The van der Waals surface area contributed by atoms with Crippen LogP contribution in [0.1, 0.15) is 116 Å². The van der Waals surface area contributed by atoms with E-state index < -0.39 is 5.79 Å². The summed E-state index contributed by atoms with van der Waals surface area (Å²) in [6, 6.07) is 0. The van der Waals surface area contributed by atoms with Crippen molar-refractivity contribution in [2.45, 2.75) is 128 Å². The molecule has 0 radical (unpaired) electrons. The summed E-state index contributed by atoms with van der Waals surface area (Å²) in [6.45, 7) is 3.48. The summed E-state index contributed by atoms with van der Waals surface area (Å²) in [4.78, 5) is 0. The number of rotatable bonds is 21. The molecule has 1 atom stereocenters. The van der Waals surface area contributed by atoms with Gasteiger partial charge in [0.25, 0.3) is 0 Å². The Morgan fingerprint density at radius 1 is 0.741 bits per heavy atom. The lowest BCUT2D eigenvalue weighted by atomic mass is 10.0. The molecule has 2 N–H and O–H groups in total. The van der Waals surface area contributed by atoms with Crippen molar-refractivity contribution in [3.8, 4) is 0 Å². The first-order chi connectivity index (χ1) is 13.1. The van der Waals surface area contributed by atoms with Crippen molar-refractivity contribution in [2.75, 3.05) is 19.8 Å². The number of unbranched alkanes of at least 4 members (excludes halogenated alkanes) is 15. The molecule has 1 unspecified atom stereocenters. The number of ether oxygens (including phenoxy) is 2. The van der Waals surface area contributed by atoms with Crippen LogP contribution in [-0.4, -0.2) is 41.9 Å². The maximum atomic E-state index is 9.85. The first kappa shape index (κ1) is 24.9. The Bertz CT molecular complexity index is 316. The average molecular weight is 387 g/mol. The fourth-order valence-electron chi connectivity index (χ4n) is 3.55. The largest absolute Gasteiger partial charge is 0.373 e. The average Bonchev–Trinajstić information content (AvgIpc) is 3.45. The van der Waals surface area contributed by atoms with Crippen LogP contribution in [0, 0.1) is 0 Å². The van der Waals surface area contributed by atoms with Crippen LogP contribution < -0.4 is 0 Å². The van der Waals surface area contributed by atoms with Gasteiger partial charge in [-0.1, -0.05) is 103 Å². The van der Waals surface area contributed by atoms with Crippen molar-refractivity contribution in [1.29, 1.82) is 0 Å². The molecule has 1 heterocycles. The lowest BCUT2D eigenvalue weighted by Gasteiger charge is -2.21. The molecule has 4 nitrogen and oxygen atoms in total. The van der Waals surface area contributed by atoms with Gasteiger partial charge in [0, 0.05) is 6.42 Å². The van der Waals surface area contributed by atoms with Gasteiger partial charge in [0.2, 0.25) is 0 Å². The van der Waals surface area contributed by atoms with Crippen LogP contribution >= 0.6 is 0 Å². The highest BCUT2D eigenvalue weighted by atomic mass is 16.6. The first-order valence-electron chi connectivity index (χ1n) is 11.8. The SMILES string of the molecule is CCCCCCCCCCCCCCCCCCC(O)(O)COCC1CO1. The van der Waals surface area contributed by atoms with E-state index in [2.05, 4.69) is 6.92 Å². The Morgan fingerprint density at radius 3 is 1.56 bits per heavy atom. The van der Waals surface area contributed by atoms with E-state index in [0.717, 1.165) is 19.4 Å². The summed E-state index contributed by atoms with van der Waals surface area (Å²) in [6.07, 6.45) is 21.8. The Kier molecular flexibility index (Phi) is 15.4. The fourth-order valence-corrected chi connectivity index (χ4v) is 3.55. The third kappa shape index (κ3) is 17.7. The fraction of sp³-hybridized carbons (Fsp3) is 1.00. The number of epoxide rings is 1. The van der Waals surface area contributed by atoms with E-state index in [9.17, 15) is 10.2 Å². The van der Waals surface area contributed by atoms with Crippen LogP contribution in [0.4, 0.5) is 0 Å². The minimum absolute atomic E-state index is 0.00833. The zero-order chi connectivity index (χ0) is 19.6.